The summed E-state index contributed by atoms with van der Waals surface area (Å²) in [4.78, 5) is 15.0. The average Bonchev–Trinajstić information content (AvgIpc) is 3.03. The summed E-state index contributed by atoms with van der Waals surface area (Å²) in [6.45, 7) is 1.88. The fourth-order valence-corrected chi connectivity index (χ4v) is 3.05. The Morgan fingerprint density at radius 2 is 2.12 bits per heavy atom. The highest BCUT2D eigenvalue weighted by molar-refractivity contribution is 5.85. The lowest BCUT2D eigenvalue weighted by molar-refractivity contribution is -0.131. The Morgan fingerprint density at radius 3 is 2.75 bits per heavy atom. The number of aromatic nitrogens is 1. The maximum atomic E-state index is 10.6. The first-order chi connectivity index (χ1) is 11.7. The molecule has 5 nitrogen and oxygen atoms in total. The minimum Gasteiger partial charge on any atom is -0.478 e. The van der Waals surface area contributed by atoms with Crippen LogP contribution in [0.25, 0.3) is 6.08 Å². The summed E-state index contributed by atoms with van der Waals surface area (Å²) in [6.07, 6.45) is 6.30. The van der Waals surface area contributed by atoms with Crippen LogP contribution in [0.15, 0.2) is 54.7 Å². The van der Waals surface area contributed by atoms with Gasteiger partial charge in [0.1, 0.15) is 5.82 Å². The van der Waals surface area contributed by atoms with E-state index in [1.807, 2.05) is 18.2 Å². The van der Waals surface area contributed by atoms with E-state index in [4.69, 9.17) is 5.11 Å². The first-order valence-electron chi connectivity index (χ1n) is 8.05. The van der Waals surface area contributed by atoms with E-state index < -0.39 is 5.97 Å². The van der Waals surface area contributed by atoms with E-state index in [1.54, 1.807) is 6.20 Å². The summed E-state index contributed by atoms with van der Waals surface area (Å²) in [6, 6.07) is 14.2. The van der Waals surface area contributed by atoms with Crippen molar-refractivity contribution in [2.24, 2.45) is 0 Å². The van der Waals surface area contributed by atoms with Gasteiger partial charge < -0.3 is 15.7 Å². The van der Waals surface area contributed by atoms with Gasteiger partial charge >= 0.3 is 5.97 Å². The number of carbonyl (C=O) groups is 1. The Kier molecular flexibility index (Phi) is 4.91. The number of anilines is 1. The minimum atomic E-state index is -0.962. The third-order valence-corrected chi connectivity index (χ3v) is 4.23. The van der Waals surface area contributed by atoms with Gasteiger partial charge in [-0.2, -0.15) is 0 Å². The quantitative estimate of drug-likeness (QED) is 0.713. The first kappa shape index (κ1) is 16.2. The summed E-state index contributed by atoms with van der Waals surface area (Å²) in [5, 5.41) is 15.7. The van der Waals surface area contributed by atoms with Gasteiger partial charge in [-0.05, 0) is 48.7 Å². The summed E-state index contributed by atoms with van der Waals surface area (Å²) >= 11 is 0. The highest BCUT2D eigenvalue weighted by Crippen LogP contribution is 2.25. The minimum absolute atomic E-state index is 0.0488. The van der Waals surface area contributed by atoms with Crippen molar-refractivity contribution < 1.29 is 9.90 Å². The van der Waals surface area contributed by atoms with Crippen molar-refractivity contribution in [2.75, 3.05) is 18.4 Å². The molecule has 1 aliphatic rings. The highest BCUT2D eigenvalue weighted by Gasteiger charge is 2.34. The fourth-order valence-electron chi connectivity index (χ4n) is 3.05. The molecule has 1 atom stereocenters. The monoisotopic (exact) mass is 323 g/mol. The largest absolute Gasteiger partial charge is 0.478 e. The van der Waals surface area contributed by atoms with E-state index in [0.29, 0.717) is 0 Å². The molecule has 0 spiro atoms. The standard InChI is InChI=1S/C19H21N3O2/c23-18(24)9-7-16-6-8-17(21-13-16)22-19(10-11-20-14-19)12-15-4-2-1-3-5-15/h1-9,13,20H,10-12,14H2,(H,21,22)(H,23,24)/b9-7+/t19-/m0/s1. The molecule has 1 fully saturated rings. The predicted molar refractivity (Wildman–Crippen MR) is 94.9 cm³/mol. The first-order valence-corrected chi connectivity index (χ1v) is 8.05. The van der Waals surface area contributed by atoms with Gasteiger partial charge in [0, 0.05) is 18.8 Å². The third kappa shape index (κ3) is 4.20. The highest BCUT2D eigenvalue weighted by atomic mass is 16.4. The molecule has 0 radical (unpaired) electrons. The molecule has 5 heteroatoms. The number of carboxylic acid groups (broad SMARTS) is 1. The van der Waals surface area contributed by atoms with Crippen LogP contribution in [0.5, 0.6) is 0 Å². The van der Waals surface area contributed by atoms with Crippen molar-refractivity contribution in [3.63, 3.8) is 0 Å². The smallest absolute Gasteiger partial charge is 0.328 e. The molecule has 2 heterocycles. The summed E-state index contributed by atoms with van der Waals surface area (Å²) < 4.78 is 0. The van der Waals surface area contributed by atoms with Crippen LogP contribution in [-0.2, 0) is 11.2 Å². The number of rotatable bonds is 6. The summed E-state index contributed by atoms with van der Waals surface area (Å²) in [5.74, 6) is -0.154. The number of hydrogen-bond donors (Lipinski definition) is 3. The number of carboxylic acids is 1. The van der Waals surface area contributed by atoms with Crippen LogP contribution < -0.4 is 10.6 Å². The van der Waals surface area contributed by atoms with E-state index >= 15 is 0 Å². The van der Waals surface area contributed by atoms with Gasteiger partial charge in [0.2, 0.25) is 0 Å². The molecule has 1 saturated heterocycles. The molecular formula is C19H21N3O2. The molecule has 24 heavy (non-hydrogen) atoms. The predicted octanol–water partition coefficient (Wildman–Crippen LogP) is 2.57. The topological polar surface area (TPSA) is 74.2 Å². The van der Waals surface area contributed by atoms with Gasteiger partial charge in [-0.1, -0.05) is 30.3 Å². The maximum Gasteiger partial charge on any atom is 0.328 e. The number of benzene rings is 1. The molecule has 1 aromatic carbocycles. The Labute approximate surface area is 141 Å². The molecule has 0 amide bonds. The second-order valence-electron chi connectivity index (χ2n) is 6.14. The second-order valence-corrected chi connectivity index (χ2v) is 6.14. The molecule has 3 rings (SSSR count). The van der Waals surface area contributed by atoms with Gasteiger partial charge in [0.05, 0.1) is 5.54 Å². The molecule has 0 unspecified atom stereocenters. The molecule has 1 aliphatic heterocycles. The van der Waals surface area contributed by atoms with Crippen LogP contribution in [0.3, 0.4) is 0 Å². The molecule has 3 N–H and O–H groups in total. The van der Waals surface area contributed by atoms with E-state index in [9.17, 15) is 4.79 Å². The molecule has 0 bridgehead atoms. The second kappa shape index (κ2) is 7.27. The third-order valence-electron chi connectivity index (χ3n) is 4.23. The number of aliphatic carboxylic acids is 1. The average molecular weight is 323 g/mol. The number of nitrogens with one attached hydrogen (secondary N) is 2. The van der Waals surface area contributed by atoms with Gasteiger partial charge in [-0.3, -0.25) is 0 Å². The Morgan fingerprint density at radius 1 is 1.29 bits per heavy atom. The molecule has 2 aromatic rings. The van der Waals surface area contributed by atoms with Crippen LogP contribution in [0, 0.1) is 0 Å². The number of nitrogens with zero attached hydrogens (tertiary/aromatic N) is 1. The zero-order valence-corrected chi connectivity index (χ0v) is 13.4. The zero-order valence-electron chi connectivity index (χ0n) is 13.4. The SMILES string of the molecule is O=C(O)/C=C/c1ccc(N[C@]2(Cc3ccccc3)CCNC2)nc1. The molecular weight excluding hydrogens is 302 g/mol. The van der Waals surface area contributed by atoms with E-state index in [2.05, 4.69) is 39.9 Å². The van der Waals surface area contributed by atoms with Crippen molar-refractivity contribution in [1.82, 2.24) is 10.3 Å². The van der Waals surface area contributed by atoms with Gasteiger partial charge in [-0.15, -0.1) is 0 Å². The summed E-state index contributed by atoms with van der Waals surface area (Å²) in [5.41, 5.74) is 2.02. The van der Waals surface area contributed by atoms with Crippen molar-refractivity contribution in [1.29, 1.82) is 0 Å². The van der Waals surface area contributed by atoms with E-state index in [0.717, 1.165) is 43.4 Å². The van der Waals surface area contributed by atoms with Crippen LogP contribution in [0.4, 0.5) is 5.82 Å². The van der Waals surface area contributed by atoms with Crippen LogP contribution in [0.2, 0.25) is 0 Å². The Balaban J connectivity index is 1.73. The normalized spacial score (nSPS) is 20.3. The Hall–Kier alpha value is -2.66. The molecule has 0 aliphatic carbocycles. The van der Waals surface area contributed by atoms with E-state index in [1.165, 1.54) is 11.6 Å². The number of hydrogen-bond acceptors (Lipinski definition) is 4. The van der Waals surface area contributed by atoms with Gasteiger partial charge in [0.15, 0.2) is 0 Å². The molecule has 0 saturated carbocycles. The maximum absolute atomic E-state index is 10.6. The van der Waals surface area contributed by atoms with Crippen molar-refractivity contribution in [3.8, 4) is 0 Å². The van der Waals surface area contributed by atoms with Gasteiger partial charge in [-0.25, -0.2) is 9.78 Å². The lowest BCUT2D eigenvalue weighted by Crippen LogP contribution is -2.43. The zero-order chi connectivity index (χ0) is 16.8. The van der Waals surface area contributed by atoms with Crippen LogP contribution >= 0.6 is 0 Å². The lowest BCUT2D eigenvalue weighted by Gasteiger charge is -2.30. The van der Waals surface area contributed by atoms with Crippen molar-refractivity contribution in [2.45, 2.75) is 18.4 Å². The lowest BCUT2D eigenvalue weighted by atomic mass is 9.90. The van der Waals surface area contributed by atoms with E-state index in [-0.39, 0.29) is 5.54 Å². The fraction of sp³-hybridized carbons (Fsp3) is 0.263. The molecule has 1 aromatic heterocycles. The van der Waals surface area contributed by atoms with Crippen molar-refractivity contribution in [3.05, 3.63) is 65.9 Å². The Bertz CT molecular complexity index is 705. The number of pyridine rings is 1. The molecule has 124 valence electrons. The summed E-state index contributed by atoms with van der Waals surface area (Å²) in [7, 11) is 0. The van der Waals surface area contributed by atoms with Crippen molar-refractivity contribution >= 4 is 17.9 Å². The van der Waals surface area contributed by atoms with Crippen LogP contribution in [-0.4, -0.2) is 34.7 Å². The van der Waals surface area contributed by atoms with Crippen LogP contribution in [0.1, 0.15) is 17.5 Å². The van der Waals surface area contributed by atoms with Gasteiger partial charge in [0.25, 0.3) is 0 Å².